The van der Waals surface area contributed by atoms with Crippen molar-refractivity contribution in [3.8, 4) is 5.75 Å². The number of nitrogens with zero attached hydrogens (tertiary/aromatic N) is 3. The van der Waals surface area contributed by atoms with E-state index in [0.717, 1.165) is 0 Å². The Morgan fingerprint density at radius 3 is 2.92 bits per heavy atom. The number of carbonyl (C=O) groups is 1. The van der Waals surface area contributed by atoms with E-state index in [0.29, 0.717) is 18.7 Å². The third-order valence-corrected chi connectivity index (χ3v) is 4.14. The minimum Gasteiger partial charge on any atom is -0.478 e. The Bertz CT molecular complexity index is 751. The number of hydrogen-bond donors (Lipinski definition) is 1. The maximum Gasteiger partial charge on any atom is 0.264 e. The molecule has 0 radical (unpaired) electrons. The summed E-state index contributed by atoms with van der Waals surface area (Å²) in [6.07, 6.45) is -0.889. The smallest absolute Gasteiger partial charge is 0.264 e. The van der Waals surface area contributed by atoms with Crippen LogP contribution in [-0.4, -0.2) is 44.8 Å². The number of aromatic nitrogens is 2. The van der Waals surface area contributed by atoms with E-state index < -0.39 is 24.1 Å². The van der Waals surface area contributed by atoms with E-state index in [1.54, 1.807) is 26.0 Å². The lowest BCUT2D eigenvalue weighted by Gasteiger charge is -2.26. The Hall–Kier alpha value is -2.48. The summed E-state index contributed by atoms with van der Waals surface area (Å²) < 4.78 is 24.5. The maximum absolute atomic E-state index is 13.8. The fraction of sp³-hybridized carbons (Fsp3) is 0.471. The van der Waals surface area contributed by atoms with Gasteiger partial charge in [-0.3, -0.25) is 4.79 Å². The number of carbonyl (C=O) groups excluding carboxylic acids is 1. The number of aryl methyl sites for hydroxylation is 1. The molecule has 3 atom stereocenters. The normalized spacial score (nSPS) is 21.4. The summed E-state index contributed by atoms with van der Waals surface area (Å²) in [5.74, 6) is -0.114. The highest BCUT2D eigenvalue weighted by molar-refractivity contribution is 5.82. The van der Waals surface area contributed by atoms with Crippen molar-refractivity contribution in [2.75, 3.05) is 6.54 Å². The molecule has 7 nitrogen and oxygen atoms in total. The van der Waals surface area contributed by atoms with Gasteiger partial charge in [0.2, 0.25) is 5.89 Å². The molecular formula is C17H20FN3O4. The fourth-order valence-corrected chi connectivity index (χ4v) is 2.93. The first-order valence-electron chi connectivity index (χ1n) is 8.19. The molecule has 1 aromatic heterocycles. The molecule has 1 aliphatic rings. The van der Waals surface area contributed by atoms with Crippen molar-refractivity contribution in [1.82, 2.24) is 15.0 Å². The maximum atomic E-state index is 13.8. The Balaban J connectivity index is 1.80. The summed E-state index contributed by atoms with van der Waals surface area (Å²) in [5, 5.41) is 13.7. The number of hydrogen-bond acceptors (Lipinski definition) is 6. The number of aliphatic hydroxyl groups excluding tert-OH is 1. The topological polar surface area (TPSA) is 88.7 Å². The van der Waals surface area contributed by atoms with Crippen LogP contribution >= 0.6 is 0 Å². The van der Waals surface area contributed by atoms with Gasteiger partial charge in [0.1, 0.15) is 6.04 Å². The van der Waals surface area contributed by atoms with Gasteiger partial charge in [-0.2, -0.15) is 4.98 Å². The number of benzene rings is 1. The molecule has 1 amide bonds. The van der Waals surface area contributed by atoms with Gasteiger partial charge in [-0.15, -0.1) is 0 Å². The number of likely N-dealkylation sites (tertiary alicyclic amines) is 1. The first kappa shape index (κ1) is 17.3. The molecule has 3 rings (SSSR count). The van der Waals surface area contributed by atoms with Crippen LogP contribution in [0.2, 0.25) is 0 Å². The quantitative estimate of drug-likeness (QED) is 0.888. The van der Waals surface area contributed by atoms with Gasteiger partial charge in [-0.25, -0.2) is 4.39 Å². The number of halogens is 1. The van der Waals surface area contributed by atoms with Crippen molar-refractivity contribution in [3.63, 3.8) is 0 Å². The van der Waals surface area contributed by atoms with Crippen molar-refractivity contribution in [1.29, 1.82) is 0 Å². The largest absolute Gasteiger partial charge is 0.478 e. The van der Waals surface area contributed by atoms with Crippen LogP contribution in [-0.2, 0) is 4.79 Å². The molecule has 0 unspecified atom stereocenters. The molecule has 0 aliphatic carbocycles. The lowest BCUT2D eigenvalue weighted by atomic mass is 10.1. The van der Waals surface area contributed by atoms with Crippen molar-refractivity contribution in [3.05, 3.63) is 41.8 Å². The van der Waals surface area contributed by atoms with E-state index in [1.807, 2.05) is 0 Å². The van der Waals surface area contributed by atoms with E-state index in [1.165, 1.54) is 17.0 Å². The molecule has 134 valence electrons. The Kier molecular flexibility index (Phi) is 4.98. The van der Waals surface area contributed by atoms with E-state index in [-0.39, 0.29) is 24.1 Å². The Morgan fingerprint density at radius 1 is 1.52 bits per heavy atom. The zero-order valence-electron chi connectivity index (χ0n) is 14.1. The molecule has 2 heterocycles. The third kappa shape index (κ3) is 3.63. The van der Waals surface area contributed by atoms with Gasteiger partial charge < -0.3 is 19.3 Å². The van der Waals surface area contributed by atoms with Gasteiger partial charge in [-0.1, -0.05) is 24.2 Å². The highest BCUT2D eigenvalue weighted by Crippen LogP contribution is 2.32. The molecule has 1 aromatic carbocycles. The predicted molar refractivity (Wildman–Crippen MR) is 85.2 cm³/mol. The standard InChI is InChI=1S/C17H20FN3O4/c1-3-14(24-15-7-5-4-6-12(15)18)17(23)21-9-11(22)8-13(21)16-19-10(2)20-25-16/h4-7,11,13-14,22H,3,8-9H2,1-2H3/t11-,13-,14+/m1/s1. The summed E-state index contributed by atoms with van der Waals surface area (Å²) >= 11 is 0. The first-order valence-corrected chi connectivity index (χ1v) is 8.19. The summed E-state index contributed by atoms with van der Waals surface area (Å²) in [7, 11) is 0. The zero-order valence-corrected chi connectivity index (χ0v) is 14.1. The number of ether oxygens (including phenoxy) is 1. The first-order chi connectivity index (χ1) is 12.0. The van der Waals surface area contributed by atoms with Gasteiger partial charge in [0, 0.05) is 13.0 Å². The van der Waals surface area contributed by atoms with E-state index in [2.05, 4.69) is 10.1 Å². The van der Waals surface area contributed by atoms with Crippen LogP contribution in [0.1, 0.15) is 37.5 Å². The second kappa shape index (κ2) is 7.18. The average molecular weight is 349 g/mol. The summed E-state index contributed by atoms with van der Waals surface area (Å²) in [5.41, 5.74) is 0. The van der Waals surface area contributed by atoms with E-state index in [4.69, 9.17) is 9.26 Å². The van der Waals surface area contributed by atoms with Crippen LogP contribution in [0.3, 0.4) is 0 Å². The van der Waals surface area contributed by atoms with Crippen LogP contribution < -0.4 is 4.74 Å². The molecule has 0 bridgehead atoms. The van der Waals surface area contributed by atoms with Crippen LogP contribution in [0.5, 0.6) is 5.75 Å². The van der Waals surface area contributed by atoms with Crippen molar-refractivity contribution in [2.24, 2.45) is 0 Å². The molecular weight excluding hydrogens is 329 g/mol. The van der Waals surface area contributed by atoms with Gasteiger partial charge in [-0.05, 0) is 25.5 Å². The second-order valence-corrected chi connectivity index (χ2v) is 6.02. The van der Waals surface area contributed by atoms with Crippen LogP contribution in [0.4, 0.5) is 4.39 Å². The predicted octanol–water partition coefficient (Wildman–Crippen LogP) is 2.01. The SMILES string of the molecule is CC[C@H](Oc1ccccc1F)C(=O)N1C[C@H](O)C[C@@H]1c1nc(C)no1. The van der Waals surface area contributed by atoms with Crippen LogP contribution in [0.25, 0.3) is 0 Å². The van der Waals surface area contributed by atoms with Crippen LogP contribution in [0, 0.1) is 12.7 Å². The van der Waals surface area contributed by atoms with Gasteiger partial charge >= 0.3 is 0 Å². The monoisotopic (exact) mass is 349 g/mol. The zero-order chi connectivity index (χ0) is 18.0. The second-order valence-electron chi connectivity index (χ2n) is 6.02. The average Bonchev–Trinajstić information content (AvgIpc) is 3.19. The lowest BCUT2D eigenvalue weighted by Crippen LogP contribution is -2.42. The molecule has 2 aromatic rings. The van der Waals surface area contributed by atoms with Crippen molar-refractivity contribution in [2.45, 2.75) is 44.9 Å². The van der Waals surface area contributed by atoms with Gasteiger partial charge in [0.15, 0.2) is 23.5 Å². The fourth-order valence-electron chi connectivity index (χ4n) is 2.93. The van der Waals surface area contributed by atoms with Crippen LogP contribution in [0.15, 0.2) is 28.8 Å². The van der Waals surface area contributed by atoms with Gasteiger partial charge in [0.05, 0.1) is 6.10 Å². The summed E-state index contributed by atoms with van der Waals surface area (Å²) in [6.45, 7) is 3.60. The number of rotatable bonds is 5. The van der Waals surface area contributed by atoms with E-state index in [9.17, 15) is 14.3 Å². The number of aliphatic hydroxyl groups is 1. The molecule has 0 spiro atoms. The third-order valence-electron chi connectivity index (χ3n) is 4.14. The molecule has 25 heavy (non-hydrogen) atoms. The Morgan fingerprint density at radius 2 is 2.28 bits per heavy atom. The number of amides is 1. The van der Waals surface area contributed by atoms with Gasteiger partial charge in [0.25, 0.3) is 5.91 Å². The minimum atomic E-state index is -0.867. The molecule has 1 saturated heterocycles. The Labute approximate surface area is 144 Å². The van der Waals surface area contributed by atoms with E-state index >= 15 is 0 Å². The summed E-state index contributed by atoms with van der Waals surface area (Å²) in [6, 6.07) is 5.43. The number of β-amino-alcohol motifs (C(OH)–C–C–N with tert-alkyl or cyclic N) is 1. The number of para-hydroxylation sites is 1. The summed E-state index contributed by atoms with van der Waals surface area (Å²) in [4.78, 5) is 18.5. The molecule has 8 heteroatoms. The highest BCUT2D eigenvalue weighted by Gasteiger charge is 2.41. The minimum absolute atomic E-state index is 0.0210. The molecule has 1 N–H and O–H groups in total. The molecule has 1 aliphatic heterocycles. The lowest BCUT2D eigenvalue weighted by molar-refractivity contribution is -0.140. The van der Waals surface area contributed by atoms with Crippen molar-refractivity contribution >= 4 is 5.91 Å². The van der Waals surface area contributed by atoms with Crippen molar-refractivity contribution < 1.29 is 23.6 Å². The highest BCUT2D eigenvalue weighted by atomic mass is 19.1. The molecule has 0 saturated carbocycles. The molecule has 1 fully saturated rings.